The van der Waals surface area contributed by atoms with Gasteiger partial charge in [-0.1, -0.05) is 23.8 Å². The highest BCUT2D eigenvalue weighted by atomic mass is 32.1. The van der Waals surface area contributed by atoms with Crippen molar-refractivity contribution in [3.05, 3.63) is 56.8 Å². The highest BCUT2D eigenvalue weighted by Crippen LogP contribution is 2.37. The average molecular weight is 343 g/mol. The van der Waals surface area contributed by atoms with Crippen LogP contribution in [0.4, 0.5) is 0 Å². The van der Waals surface area contributed by atoms with Crippen molar-refractivity contribution in [2.75, 3.05) is 19.8 Å². The van der Waals surface area contributed by atoms with Gasteiger partial charge in [0.25, 0.3) is 5.91 Å². The number of rotatable bonds is 4. The van der Waals surface area contributed by atoms with Crippen molar-refractivity contribution >= 4 is 17.2 Å². The van der Waals surface area contributed by atoms with Crippen LogP contribution in [0, 0.1) is 20.8 Å². The van der Waals surface area contributed by atoms with Gasteiger partial charge < -0.3 is 10.1 Å². The van der Waals surface area contributed by atoms with Gasteiger partial charge in [-0.3, -0.25) is 4.79 Å². The molecule has 1 aromatic heterocycles. The molecule has 0 radical (unpaired) electrons. The maximum atomic E-state index is 12.8. The number of hydrogen-bond acceptors (Lipinski definition) is 3. The molecule has 2 heterocycles. The van der Waals surface area contributed by atoms with Crippen LogP contribution in [0.2, 0.25) is 0 Å². The predicted octanol–water partition coefficient (Wildman–Crippen LogP) is 4.15. The molecular formula is C20H25NO2S. The van der Waals surface area contributed by atoms with Crippen LogP contribution in [0.25, 0.3) is 0 Å². The second kappa shape index (κ2) is 7.08. The third kappa shape index (κ3) is 3.40. The quantitative estimate of drug-likeness (QED) is 0.905. The van der Waals surface area contributed by atoms with Gasteiger partial charge in [-0.2, -0.15) is 0 Å². The number of ether oxygens (including phenoxy) is 1. The van der Waals surface area contributed by atoms with E-state index < -0.39 is 0 Å². The highest BCUT2D eigenvalue weighted by molar-refractivity contribution is 7.10. The summed E-state index contributed by atoms with van der Waals surface area (Å²) < 4.78 is 5.56. The van der Waals surface area contributed by atoms with Gasteiger partial charge in [0.1, 0.15) is 0 Å². The number of carbonyl (C=O) groups is 1. The Balaban J connectivity index is 1.79. The van der Waals surface area contributed by atoms with Gasteiger partial charge in [0.05, 0.1) is 0 Å². The molecule has 2 aromatic rings. The smallest absolute Gasteiger partial charge is 0.251 e. The number of amides is 1. The fraction of sp³-hybridized carbons (Fsp3) is 0.450. The van der Waals surface area contributed by atoms with Gasteiger partial charge in [0, 0.05) is 35.6 Å². The molecular weight excluding hydrogens is 318 g/mol. The third-order valence-corrected chi connectivity index (χ3v) is 6.10. The maximum absolute atomic E-state index is 12.8. The third-order valence-electron chi connectivity index (χ3n) is 4.99. The standard InChI is InChI=1S/C20H25NO2S/c1-14-11-15(2)18(16(3)12-14)19(22)21-13-20(6-8-23-9-7-20)17-5-4-10-24-17/h4-5,10-12H,6-9,13H2,1-3H3,(H,21,22). The average Bonchev–Trinajstić information content (AvgIpc) is 3.08. The van der Waals surface area contributed by atoms with E-state index in [1.54, 1.807) is 11.3 Å². The van der Waals surface area contributed by atoms with Crippen molar-refractivity contribution in [2.24, 2.45) is 0 Å². The number of hydrogen-bond donors (Lipinski definition) is 1. The molecule has 1 saturated heterocycles. The van der Waals surface area contributed by atoms with Crippen LogP contribution in [-0.2, 0) is 10.2 Å². The van der Waals surface area contributed by atoms with Crippen LogP contribution in [0.1, 0.15) is 44.8 Å². The lowest BCUT2D eigenvalue weighted by Gasteiger charge is -2.36. The van der Waals surface area contributed by atoms with E-state index in [1.165, 1.54) is 10.4 Å². The zero-order valence-electron chi connectivity index (χ0n) is 14.6. The van der Waals surface area contributed by atoms with Crippen molar-refractivity contribution in [1.29, 1.82) is 0 Å². The lowest BCUT2D eigenvalue weighted by atomic mass is 9.78. The molecule has 24 heavy (non-hydrogen) atoms. The summed E-state index contributed by atoms with van der Waals surface area (Å²) in [6.07, 6.45) is 1.92. The van der Waals surface area contributed by atoms with Gasteiger partial charge in [-0.15, -0.1) is 11.3 Å². The van der Waals surface area contributed by atoms with Gasteiger partial charge in [0.15, 0.2) is 0 Å². The Morgan fingerprint density at radius 3 is 2.46 bits per heavy atom. The van der Waals surface area contributed by atoms with Crippen molar-refractivity contribution in [3.63, 3.8) is 0 Å². The molecule has 1 aromatic carbocycles. The summed E-state index contributed by atoms with van der Waals surface area (Å²) in [4.78, 5) is 14.2. The first kappa shape index (κ1) is 17.2. The van der Waals surface area contributed by atoms with E-state index in [0.29, 0.717) is 6.54 Å². The summed E-state index contributed by atoms with van der Waals surface area (Å²) in [5.74, 6) is 0.0347. The van der Waals surface area contributed by atoms with E-state index in [0.717, 1.165) is 42.7 Å². The van der Waals surface area contributed by atoms with E-state index in [9.17, 15) is 4.79 Å². The minimum Gasteiger partial charge on any atom is -0.381 e. The topological polar surface area (TPSA) is 38.3 Å². The summed E-state index contributed by atoms with van der Waals surface area (Å²) in [6.45, 7) is 8.28. The molecule has 3 nitrogen and oxygen atoms in total. The monoisotopic (exact) mass is 343 g/mol. The fourth-order valence-electron chi connectivity index (χ4n) is 3.73. The zero-order chi connectivity index (χ0) is 17.2. The molecule has 128 valence electrons. The second-order valence-corrected chi connectivity index (χ2v) is 7.77. The number of nitrogens with one attached hydrogen (secondary N) is 1. The van der Waals surface area contributed by atoms with Crippen LogP contribution >= 0.6 is 11.3 Å². The molecule has 0 unspecified atom stereocenters. The van der Waals surface area contributed by atoms with Crippen LogP contribution in [0.5, 0.6) is 0 Å². The summed E-state index contributed by atoms with van der Waals surface area (Å²) in [6, 6.07) is 8.43. The molecule has 0 bridgehead atoms. The molecule has 0 aliphatic carbocycles. The molecule has 0 spiro atoms. The Morgan fingerprint density at radius 1 is 1.21 bits per heavy atom. The molecule has 1 N–H and O–H groups in total. The second-order valence-electron chi connectivity index (χ2n) is 6.83. The predicted molar refractivity (Wildman–Crippen MR) is 99.0 cm³/mol. The summed E-state index contributed by atoms with van der Waals surface area (Å²) in [5, 5.41) is 5.32. The zero-order valence-corrected chi connectivity index (χ0v) is 15.5. The Bertz CT molecular complexity index is 692. The number of thiophene rings is 1. The van der Waals surface area contributed by atoms with Gasteiger partial charge in [-0.05, 0) is 56.2 Å². The number of benzene rings is 1. The number of aryl methyl sites for hydroxylation is 3. The lowest BCUT2D eigenvalue weighted by molar-refractivity contribution is 0.0498. The Morgan fingerprint density at radius 2 is 1.88 bits per heavy atom. The Hall–Kier alpha value is -1.65. The lowest BCUT2D eigenvalue weighted by Crippen LogP contribution is -2.44. The van der Waals surface area contributed by atoms with Gasteiger partial charge in [-0.25, -0.2) is 0 Å². The van der Waals surface area contributed by atoms with Crippen LogP contribution < -0.4 is 5.32 Å². The Labute approximate surface area is 148 Å². The largest absolute Gasteiger partial charge is 0.381 e. The minimum absolute atomic E-state index is 0.00852. The SMILES string of the molecule is Cc1cc(C)c(C(=O)NCC2(c3cccs3)CCOCC2)c(C)c1. The summed E-state index contributed by atoms with van der Waals surface area (Å²) in [5.41, 5.74) is 4.11. The maximum Gasteiger partial charge on any atom is 0.251 e. The first-order valence-corrected chi connectivity index (χ1v) is 9.38. The van der Waals surface area contributed by atoms with E-state index in [2.05, 4.69) is 41.9 Å². The molecule has 1 aliphatic rings. The van der Waals surface area contributed by atoms with Crippen molar-refractivity contribution < 1.29 is 9.53 Å². The van der Waals surface area contributed by atoms with Crippen molar-refractivity contribution in [1.82, 2.24) is 5.32 Å². The summed E-state index contributed by atoms with van der Waals surface area (Å²) >= 11 is 1.78. The van der Waals surface area contributed by atoms with E-state index in [-0.39, 0.29) is 11.3 Å². The molecule has 1 amide bonds. The normalized spacial score (nSPS) is 16.8. The van der Waals surface area contributed by atoms with Crippen LogP contribution in [0.15, 0.2) is 29.6 Å². The van der Waals surface area contributed by atoms with E-state index in [1.807, 2.05) is 13.8 Å². The molecule has 0 atom stereocenters. The number of carbonyl (C=O) groups excluding carboxylic acids is 1. The minimum atomic E-state index is 0.00852. The molecule has 0 saturated carbocycles. The summed E-state index contributed by atoms with van der Waals surface area (Å²) in [7, 11) is 0. The van der Waals surface area contributed by atoms with E-state index in [4.69, 9.17) is 4.74 Å². The first-order chi connectivity index (χ1) is 11.5. The first-order valence-electron chi connectivity index (χ1n) is 8.50. The van der Waals surface area contributed by atoms with Crippen molar-refractivity contribution in [3.8, 4) is 0 Å². The fourth-order valence-corrected chi connectivity index (χ4v) is 4.72. The highest BCUT2D eigenvalue weighted by Gasteiger charge is 2.36. The molecule has 1 aliphatic heterocycles. The van der Waals surface area contributed by atoms with Crippen LogP contribution in [0.3, 0.4) is 0 Å². The van der Waals surface area contributed by atoms with Crippen molar-refractivity contribution in [2.45, 2.75) is 39.0 Å². The van der Waals surface area contributed by atoms with Gasteiger partial charge in [0.2, 0.25) is 0 Å². The Kier molecular flexibility index (Phi) is 5.07. The van der Waals surface area contributed by atoms with E-state index >= 15 is 0 Å². The molecule has 1 fully saturated rings. The van der Waals surface area contributed by atoms with Gasteiger partial charge >= 0.3 is 0 Å². The molecule has 3 rings (SSSR count). The van der Waals surface area contributed by atoms with Crippen LogP contribution in [-0.4, -0.2) is 25.7 Å². The molecule has 4 heteroatoms.